The van der Waals surface area contributed by atoms with Crippen molar-refractivity contribution >= 4 is 0 Å². The standard InChI is InChI=1S/C14H19F/c1-11-2-6-13(7-3-11)14-8-4-12(10-15)5-9-14/h2-3,6-7,12,14H,4-5,8-10H2,1H3/t12-,14-. The Bertz CT molecular complexity index is 294. The van der Waals surface area contributed by atoms with Crippen LogP contribution in [0.1, 0.15) is 42.7 Å². The number of alkyl halides is 1. The zero-order valence-electron chi connectivity index (χ0n) is 9.38. The van der Waals surface area contributed by atoms with Gasteiger partial charge in [-0.1, -0.05) is 29.8 Å². The van der Waals surface area contributed by atoms with E-state index in [1.165, 1.54) is 11.1 Å². The minimum atomic E-state index is -0.124. The van der Waals surface area contributed by atoms with Crippen molar-refractivity contribution in [3.8, 4) is 0 Å². The molecule has 0 radical (unpaired) electrons. The quantitative estimate of drug-likeness (QED) is 0.679. The summed E-state index contributed by atoms with van der Waals surface area (Å²) in [6, 6.07) is 8.82. The summed E-state index contributed by atoms with van der Waals surface area (Å²) in [6.07, 6.45) is 4.46. The Kier molecular flexibility index (Phi) is 3.40. The van der Waals surface area contributed by atoms with E-state index >= 15 is 0 Å². The second kappa shape index (κ2) is 4.78. The first-order valence-corrected chi connectivity index (χ1v) is 5.92. The topological polar surface area (TPSA) is 0 Å². The van der Waals surface area contributed by atoms with Crippen LogP contribution >= 0.6 is 0 Å². The van der Waals surface area contributed by atoms with Crippen molar-refractivity contribution in [1.29, 1.82) is 0 Å². The van der Waals surface area contributed by atoms with Gasteiger partial charge in [0.15, 0.2) is 0 Å². The molecule has 1 fully saturated rings. The fraction of sp³-hybridized carbons (Fsp3) is 0.571. The van der Waals surface area contributed by atoms with Crippen LogP contribution < -0.4 is 0 Å². The minimum Gasteiger partial charge on any atom is -0.251 e. The lowest BCUT2D eigenvalue weighted by Crippen LogP contribution is -2.14. The highest BCUT2D eigenvalue weighted by molar-refractivity contribution is 5.24. The molecule has 1 heteroatoms. The summed E-state index contributed by atoms with van der Waals surface area (Å²) in [5, 5.41) is 0. The van der Waals surface area contributed by atoms with Crippen LogP contribution in [0.4, 0.5) is 4.39 Å². The molecule has 0 spiro atoms. The number of aryl methyl sites for hydroxylation is 1. The maximum Gasteiger partial charge on any atom is 0.0922 e. The van der Waals surface area contributed by atoms with Gasteiger partial charge in [-0.15, -0.1) is 0 Å². The van der Waals surface area contributed by atoms with Gasteiger partial charge in [-0.2, -0.15) is 0 Å². The Balaban J connectivity index is 1.98. The second-order valence-corrected chi connectivity index (χ2v) is 4.78. The third-order valence-corrected chi connectivity index (χ3v) is 3.61. The normalized spacial score (nSPS) is 26.5. The fourth-order valence-corrected chi connectivity index (χ4v) is 2.49. The predicted octanol–water partition coefficient (Wildman–Crippen LogP) is 4.24. The van der Waals surface area contributed by atoms with Crippen LogP contribution in [0.15, 0.2) is 24.3 Å². The van der Waals surface area contributed by atoms with E-state index in [0.29, 0.717) is 11.8 Å². The van der Waals surface area contributed by atoms with Crippen molar-refractivity contribution in [2.75, 3.05) is 6.67 Å². The monoisotopic (exact) mass is 206 g/mol. The van der Waals surface area contributed by atoms with E-state index in [2.05, 4.69) is 31.2 Å². The van der Waals surface area contributed by atoms with E-state index in [-0.39, 0.29) is 6.67 Å². The van der Waals surface area contributed by atoms with Crippen LogP contribution in [-0.4, -0.2) is 6.67 Å². The molecule has 0 aromatic heterocycles. The lowest BCUT2D eigenvalue weighted by Gasteiger charge is -2.27. The Morgan fingerprint density at radius 2 is 1.67 bits per heavy atom. The van der Waals surface area contributed by atoms with E-state index in [1.807, 2.05) is 0 Å². The van der Waals surface area contributed by atoms with Crippen molar-refractivity contribution < 1.29 is 4.39 Å². The number of halogens is 1. The molecule has 0 bridgehead atoms. The van der Waals surface area contributed by atoms with Gasteiger partial charge in [-0.25, -0.2) is 0 Å². The van der Waals surface area contributed by atoms with Crippen molar-refractivity contribution in [3.63, 3.8) is 0 Å². The Labute approximate surface area is 91.5 Å². The van der Waals surface area contributed by atoms with E-state index < -0.39 is 0 Å². The van der Waals surface area contributed by atoms with E-state index in [9.17, 15) is 4.39 Å². The lowest BCUT2D eigenvalue weighted by molar-refractivity contribution is 0.263. The summed E-state index contributed by atoms with van der Waals surface area (Å²) in [4.78, 5) is 0. The summed E-state index contributed by atoms with van der Waals surface area (Å²) >= 11 is 0. The summed E-state index contributed by atoms with van der Waals surface area (Å²) in [7, 11) is 0. The van der Waals surface area contributed by atoms with Crippen molar-refractivity contribution in [1.82, 2.24) is 0 Å². The van der Waals surface area contributed by atoms with Crippen LogP contribution in [0.5, 0.6) is 0 Å². The van der Waals surface area contributed by atoms with Gasteiger partial charge in [0.05, 0.1) is 6.67 Å². The maximum absolute atomic E-state index is 12.5. The van der Waals surface area contributed by atoms with Crippen molar-refractivity contribution in [2.24, 2.45) is 5.92 Å². The van der Waals surface area contributed by atoms with Gasteiger partial charge in [0.25, 0.3) is 0 Å². The molecular weight excluding hydrogens is 187 g/mol. The SMILES string of the molecule is Cc1ccc([C@H]2CC[C@H](CF)CC2)cc1. The number of hydrogen-bond acceptors (Lipinski definition) is 0. The molecule has 1 aliphatic rings. The van der Waals surface area contributed by atoms with E-state index in [4.69, 9.17) is 0 Å². The first-order chi connectivity index (χ1) is 7.29. The van der Waals surface area contributed by atoms with E-state index in [0.717, 1.165) is 25.7 Å². The highest BCUT2D eigenvalue weighted by atomic mass is 19.1. The molecule has 82 valence electrons. The third kappa shape index (κ3) is 2.58. The minimum absolute atomic E-state index is 0.124. The van der Waals surface area contributed by atoms with Gasteiger partial charge in [0, 0.05) is 0 Å². The molecule has 0 amide bonds. The average molecular weight is 206 g/mol. The van der Waals surface area contributed by atoms with Crippen LogP contribution in [0.2, 0.25) is 0 Å². The van der Waals surface area contributed by atoms with Crippen molar-refractivity contribution in [2.45, 2.75) is 38.5 Å². The Morgan fingerprint density at radius 3 is 2.20 bits per heavy atom. The van der Waals surface area contributed by atoms with Gasteiger partial charge < -0.3 is 0 Å². The highest BCUT2D eigenvalue weighted by Gasteiger charge is 2.21. The molecule has 0 unspecified atom stereocenters. The molecule has 0 atom stereocenters. The first-order valence-electron chi connectivity index (χ1n) is 5.92. The molecule has 0 saturated heterocycles. The summed E-state index contributed by atoms with van der Waals surface area (Å²) in [5.74, 6) is 1.01. The zero-order chi connectivity index (χ0) is 10.7. The number of hydrogen-bond donors (Lipinski definition) is 0. The molecule has 0 aliphatic heterocycles. The molecule has 15 heavy (non-hydrogen) atoms. The lowest BCUT2D eigenvalue weighted by atomic mass is 9.79. The van der Waals surface area contributed by atoms with E-state index in [1.54, 1.807) is 0 Å². The number of rotatable bonds is 2. The molecular formula is C14H19F. The summed E-state index contributed by atoms with van der Waals surface area (Å²) in [5.41, 5.74) is 2.76. The van der Waals surface area contributed by atoms with Crippen LogP contribution in [0, 0.1) is 12.8 Å². The average Bonchev–Trinajstić information content (AvgIpc) is 2.30. The van der Waals surface area contributed by atoms with Crippen LogP contribution in [0.25, 0.3) is 0 Å². The molecule has 1 saturated carbocycles. The molecule has 0 nitrogen and oxygen atoms in total. The summed E-state index contributed by atoms with van der Waals surface area (Å²) < 4.78 is 12.5. The molecule has 1 aliphatic carbocycles. The third-order valence-electron chi connectivity index (χ3n) is 3.61. The van der Waals surface area contributed by atoms with Gasteiger partial charge in [0.1, 0.15) is 0 Å². The fourth-order valence-electron chi connectivity index (χ4n) is 2.49. The Morgan fingerprint density at radius 1 is 1.07 bits per heavy atom. The first kappa shape index (κ1) is 10.7. The maximum atomic E-state index is 12.5. The van der Waals surface area contributed by atoms with Gasteiger partial charge in [-0.05, 0) is 50.0 Å². The molecule has 1 aromatic rings. The highest BCUT2D eigenvalue weighted by Crippen LogP contribution is 2.35. The second-order valence-electron chi connectivity index (χ2n) is 4.78. The predicted molar refractivity (Wildman–Crippen MR) is 61.9 cm³/mol. The smallest absolute Gasteiger partial charge is 0.0922 e. The molecule has 0 heterocycles. The van der Waals surface area contributed by atoms with Crippen LogP contribution in [-0.2, 0) is 0 Å². The largest absolute Gasteiger partial charge is 0.251 e. The number of benzene rings is 1. The van der Waals surface area contributed by atoms with Gasteiger partial charge in [0.2, 0.25) is 0 Å². The zero-order valence-corrected chi connectivity index (χ0v) is 9.38. The molecule has 2 rings (SSSR count). The van der Waals surface area contributed by atoms with Gasteiger partial charge in [-0.3, -0.25) is 4.39 Å². The Hall–Kier alpha value is -0.850. The van der Waals surface area contributed by atoms with Crippen molar-refractivity contribution in [3.05, 3.63) is 35.4 Å². The summed E-state index contributed by atoms with van der Waals surface area (Å²) in [6.45, 7) is 1.99. The van der Waals surface area contributed by atoms with Gasteiger partial charge >= 0.3 is 0 Å². The molecule has 1 aromatic carbocycles. The molecule has 0 N–H and O–H groups in total. The van der Waals surface area contributed by atoms with Crippen LogP contribution in [0.3, 0.4) is 0 Å².